The number of carbonyl (C=O) groups excluding carboxylic acids is 3. The third-order valence-electron chi connectivity index (χ3n) is 6.12. The molecule has 0 radical (unpaired) electrons. The van der Waals surface area contributed by atoms with Crippen LogP contribution in [0.4, 0.5) is 4.79 Å². The highest BCUT2D eigenvalue weighted by molar-refractivity contribution is 7.98. The minimum absolute atomic E-state index is 0.255. The van der Waals surface area contributed by atoms with Gasteiger partial charge < -0.3 is 20.3 Å². The molecule has 0 aromatic heterocycles. The van der Waals surface area contributed by atoms with Crippen LogP contribution in [0.1, 0.15) is 77.0 Å². The number of nitrogens with one attached hydrogen (secondary N) is 2. The third kappa shape index (κ3) is 11.7. The Kier molecular flexibility index (Phi) is 13.9. The maximum absolute atomic E-state index is 14.2. The normalized spacial score (nSPS) is 12.7. The molecule has 0 spiro atoms. The van der Waals surface area contributed by atoms with Crippen LogP contribution in [-0.4, -0.2) is 53.0 Å². The Morgan fingerprint density at radius 3 is 2.18 bits per heavy atom. The lowest BCUT2D eigenvalue weighted by molar-refractivity contribution is -0.142. The van der Waals surface area contributed by atoms with Gasteiger partial charge in [-0.1, -0.05) is 86.8 Å². The van der Waals surface area contributed by atoms with Crippen LogP contribution in [0.3, 0.4) is 0 Å². The monoisotopic (exact) mass is 555 g/mol. The predicted octanol–water partition coefficient (Wildman–Crippen LogP) is 6.10. The summed E-state index contributed by atoms with van der Waals surface area (Å²) >= 11 is 1.60. The molecule has 0 fully saturated rings. The van der Waals surface area contributed by atoms with Crippen molar-refractivity contribution < 1.29 is 19.1 Å². The maximum atomic E-state index is 14.2. The van der Waals surface area contributed by atoms with Crippen molar-refractivity contribution in [1.29, 1.82) is 0 Å². The predicted molar refractivity (Wildman–Crippen MR) is 159 cm³/mol. The number of rotatable bonds is 15. The van der Waals surface area contributed by atoms with Gasteiger partial charge in [-0.15, -0.1) is 0 Å². The molecule has 2 N–H and O–H groups in total. The molecule has 0 aliphatic carbocycles. The van der Waals surface area contributed by atoms with Crippen LogP contribution < -0.4 is 10.6 Å². The number of amides is 3. The van der Waals surface area contributed by atoms with Crippen molar-refractivity contribution >= 4 is 29.7 Å². The lowest BCUT2D eigenvalue weighted by atomic mass is 10.0. The average Bonchev–Trinajstić information content (AvgIpc) is 2.91. The van der Waals surface area contributed by atoms with Crippen LogP contribution in [0, 0.1) is 0 Å². The molecule has 2 rings (SSSR count). The number of thioether (sulfide) groups is 1. The zero-order valence-electron chi connectivity index (χ0n) is 24.1. The second-order valence-corrected chi connectivity index (χ2v) is 11.6. The first-order valence-electron chi connectivity index (χ1n) is 13.8. The van der Waals surface area contributed by atoms with Gasteiger partial charge in [0.2, 0.25) is 11.8 Å². The number of hydrogen-bond acceptors (Lipinski definition) is 5. The lowest BCUT2D eigenvalue weighted by Crippen LogP contribution is -2.53. The molecule has 2 aromatic carbocycles. The van der Waals surface area contributed by atoms with Gasteiger partial charge >= 0.3 is 6.09 Å². The maximum Gasteiger partial charge on any atom is 0.408 e. The molecule has 3 amide bonds. The largest absolute Gasteiger partial charge is 0.444 e. The van der Waals surface area contributed by atoms with Crippen molar-refractivity contribution in [1.82, 2.24) is 15.5 Å². The van der Waals surface area contributed by atoms with E-state index in [0.717, 1.165) is 36.8 Å². The van der Waals surface area contributed by atoms with Gasteiger partial charge in [0.25, 0.3) is 0 Å². The quantitative estimate of drug-likeness (QED) is 0.259. The highest BCUT2D eigenvalue weighted by Crippen LogP contribution is 2.24. The Balaban J connectivity index is 2.40. The number of hydrogen-bond donors (Lipinski definition) is 2. The van der Waals surface area contributed by atoms with Crippen LogP contribution in [0.5, 0.6) is 0 Å². The van der Waals surface area contributed by atoms with Crippen molar-refractivity contribution in [3.05, 3.63) is 71.8 Å². The van der Waals surface area contributed by atoms with Gasteiger partial charge in [0, 0.05) is 13.1 Å². The number of nitrogens with zero attached hydrogens (tertiary/aromatic N) is 1. The van der Waals surface area contributed by atoms with Crippen LogP contribution in [0.15, 0.2) is 60.7 Å². The average molecular weight is 556 g/mol. The van der Waals surface area contributed by atoms with E-state index in [-0.39, 0.29) is 11.8 Å². The molecule has 8 heteroatoms. The molecule has 0 saturated heterocycles. The molecule has 39 heavy (non-hydrogen) atoms. The van der Waals surface area contributed by atoms with E-state index in [4.69, 9.17) is 4.74 Å². The van der Waals surface area contributed by atoms with E-state index < -0.39 is 23.8 Å². The van der Waals surface area contributed by atoms with Crippen LogP contribution in [0.25, 0.3) is 0 Å². The molecule has 0 saturated carbocycles. The van der Waals surface area contributed by atoms with Gasteiger partial charge in [0.1, 0.15) is 17.7 Å². The number of unbranched alkanes of at least 4 members (excludes halogenated alkanes) is 3. The summed E-state index contributed by atoms with van der Waals surface area (Å²) < 4.78 is 5.46. The Morgan fingerprint density at radius 2 is 1.59 bits per heavy atom. The first-order valence-corrected chi connectivity index (χ1v) is 15.2. The number of benzene rings is 2. The van der Waals surface area contributed by atoms with E-state index in [0.29, 0.717) is 25.3 Å². The highest BCUT2D eigenvalue weighted by Gasteiger charge is 2.35. The molecule has 2 unspecified atom stereocenters. The summed E-state index contributed by atoms with van der Waals surface area (Å²) in [5.74, 6) is 0.136. The van der Waals surface area contributed by atoms with Gasteiger partial charge in [-0.2, -0.15) is 11.8 Å². The second kappa shape index (κ2) is 16.9. The number of alkyl carbamates (subject to hydrolysis) is 1. The van der Waals surface area contributed by atoms with E-state index >= 15 is 0 Å². The molecule has 214 valence electrons. The third-order valence-corrected chi connectivity index (χ3v) is 6.76. The van der Waals surface area contributed by atoms with Crippen LogP contribution >= 0.6 is 11.8 Å². The number of ether oxygens (including phenoxy) is 1. The topological polar surface area (TPSA) is 87.7 Å². The van der Waals surface area contributed by atoms with Crippen molar-refractivity contribution in [2.24, 2.45) is 0 Å². The molecule has 7 nitrogen and oxygen atoms in total. The molecule has 0 aliphatic rings. The first kappa shape index (κ1) is 32.2. The van der Waals surface area contributed by atoms with E-state index in [1.165, 1.54) is 0 Å². The summed E-state index contributed by atoms with van der Waals surface area (Å²) in [6.45, 7) is 8.25. The van der Waals surface area contributed by atoms with Gasteiger partial charge in [-0.25, -0.2) is 4.79 Å². The fourth-order valence-corrected chi connectivity index (χ4v) is 4.68. The first-order chi connectivity index (χ1) is 18.7. The van der Waals surface area contributed by atoms with E-state index in [2.05, 4.69) is 17.6 Å². The highest BCUT2D eigenvalue weighted by atomic mass is 32.2. The van der Waals surface area contributed by atoms with Gasteiger partial charge in [0.05, 0.1) is 0 Å². The van der Waals surface area contributed by atoms with E-state index in [1.54, 1.807) is 37.4 Å². The summed E-state index contributed by atoms with van der Waals surface area (Å²) in [7, 11) is 0. The Hall–Kier alpha value is -3.00. The molecular formula is C31H45N3O4S. The second-order valence-electron chi connectivity index (χ2n) is 10.6. The Labute approximate surface area is 238 Å². The summed E-state index contributed by atoms with van der Waals surface area (Å²) in [6.07, 6.45) is 5.56. The lowest BCUT2D eigenvalue weighted by Gasteiger charge is -2.34. The van der Waals surface area contributed by atoms with Gasteiger partial charge in [0.15, 0.2) is 0 Å². The van der Waals surface area contributed by atoms with E-state index in [1.807, 2.05) is 66.9 Å². The van der Waals surface area contributed by atoms with Crippen molar-refractivity contribution in [2.75, 3.05) is 18.6 Å². The molecule has 0 aliphatic heterocycles. The minimum atomic E-state index is -0.832. The zero-order valence-corrected chi connectivity index (χ0v) is 24.9. The molecule has 0 bridgehead atoms. The van der Waals surface area contributed by atoms with Gasteiger partial charge in [-0.05, 0) is 56.7 Å². The van der Waals surface area contributed by atoms with Crippen LogP contribution in [0.2, 0.25) is 0 Å². The SMILES string of the molecule is CCCCCCN(C(=O)C(CCSC)NC(=O)OC(C)(C)C)C(C(=O)NCc1ccccc1)c1ccccc1. The fourth-order valence-electron chi connectivity index (χ4n) is 4.21. The minimum Gasteiger partial charge on any atom is -0.444 e. The summed E-state index contributed by atoms with van der Waals surface area (Å²) in [4.78, 5) is 42.3. The zero-order chi connectivity index (χ0) is 28.7. The van der Waals surface area contributed by atoms with Crippen molar-refractivity contribution in [3.8, 4) is 0 Å². The molecule has 2 atom stereocenters. The Morgan fingerprint density at radius 1 is 0.949 bits per heavy atom. The van der Waals surface area contributed by atoms with Crippen LogP contribution in [-0.2, 0) is 20.9 Å². The van der Waals surface area contributed by atoms with Gasteiger partial charge in [-0.3, -0.25) is 9.59 Å². The summed E-state index contributed by atoms with van der Waals surface area (Å²) in [5.41, 5.74) is 1.01. The molecule has 2 aromatic rings. The number of carbonyl (C=O) groups is 3. The Bertz CT molecular complexity index is 1010. The van der Waals surface area contributed by atoms with E-state index in [9.17, 15) is 14.4 Å². The standard InChI is InChI=1S/C31H45N3O4S/c1-6-7-8-15-21-34(29(36)26(20-22-39-5)33-30(37)38-31(2,3)4)27(25-18-13-10-14-19-25)28(35)32-23-24-16-11-9-12-17-24/h9-14,16-19,26-27H,6-8,15,20-23H2,1-5H3,(H,32,35)(H,33,37). The molecular weight excluding hydrogens is 510 g/mol. The molecule has 0 heterocycles. The summed E-state index contributed by atoms with van der Waals surface area (Å²) in [6, 6.07) is 17.4. The smallest absolute Gasteiger partial charge is 0.408 e. The fraction of sp³-hybridized carbons (Fsp3) is 0.516. The van der Waals surface area contributed by atoms with Crippen molar-refractivity contribution in [3.63, 3.8) is 0 Å². The van der Waals surface area contributed by atoms with Crippen molar-refractivity contribution in [2.45, 2.75) is 84.0 Å². The summed E-state index contributed by atoms with van der Waals surface area (Å²) in [5, 5.41) is 5.84.